The fourth-order valence-electron chi connectivity index (χ4n) is 2.43. The molecule has 0 aromatic heterocycles. The molecule has 1 aliphatic rings. The first-order valence-corrected chi connectivity index (χ1v) is 8.31. The summed E-state index contributed by atoms with van der Waals surface area (Å²) < 4.78 is 23.7. The van der Waals surface area contributed by atoms with Crippen molar-refractivity contribution < 1.29 is 18.1 Å². The van der Waals surface area contributed by atoms with E-state index in [4.69, 9.17) is 0 Å². The van der Waals surface area contributed by atoms with Crippen LogP contribution >= 0.6 is 0 Å². The highest BCUT2D eigenvalue weighted by atomic mass is 32.2. The van der Waals surface area contributed by atoms with Gasteiger partial charge in [0.25, 0.3) is 5.69 Å². The van der Waals surface area contributed by atoms with Crippen molar-refractivity contribution in [1.29, 1.82) is 0 Å². The molecule has 7 nitrogen and oxygen atoms in total. The summed E-state index contributed by atoms with van der Waals surface area (Å²) in [4.78, 5) is 24.0. The monoisotopic (exact) mass is 312 g/mol. The van der Waals surface area contributed by atoms with Gasteiger partial charge >= 0.3 is 0 Å². The Morgan fingerprint density at radius 3 is 2.67 bits per heavy atom. The van der Waals surface area contributed by atoms with Gasteiger partial charge in [0.2, 0.25) is 5.91 Å². The lowest BCUT2D eigenvalue weighted by Crippen LogP contribution is -2.34. The van der Waals surface area contributed by atoms with Gasteiger partial charge in [-0.25, -0.2) is 8.42 Å². The number of likely N-dealkylation sites (tertiary alicyclic amines) is 1. The Kier molecular flexibility index (Phi) is 4.26. The quantitative estimate of drug-likeness (QED) is 0.599. The zero-order valence-corrected chi connectivity index (χ0v) is 12.4. The number of rotatable bonds is 5. The number of carbonyl (C=O) groups is 1. The summed E-state index contributed by atoms with van der Waals surface area (Å²) in [5.41, 5.74) is 0.345. The van der Waals surface area contributed by atoms with Crippen LogP contribution in [0.15, 0.2) is 24.3 Å². The number of nitrogens with zero attached hydrogens (tertiary/aromatic N) is 2. The summed E-state index contributed by atoms with van der Waals surface area (Å²) in [5.74, 6) is -0.544. The highest BCUT2D eigenvalue weighted by molar-refractivity contribution is 7.92. The Morgan fingerprint density at radius 1 is 1.38 bits per heavy atom. The zero-order valence-electron chi connectivity index (χ0n) is 11.6. The van der Waals surface area contributed by atoms with Crippen molar-refractivity contribution in [3.63, 3.8) is 0 Å². The van der Waals surface area contributed by atoms with E-state index in [9.17, 15) is 23.3 Å². The second-order valence-corrected chi connectivity index (χ2v) is 7.35. The minimum Gasteiger partial charge on any atom is -0.337 e. The van der Waals surface area contributed by atoms with Crippen molar-refractivity contribution in [3.8, 4) is 0 Å². The second-order valence-electron chi connectivity index (χ2n) is 4.87. The molecular formula is C13H16N2O5S. The predicted molar refractivity (Wildman–Crippen MR) is 76.4 cm³/mol. The van der Waals surface area contributed by atoms with Crippen LogP contribution in [0.2, 0.25) is 0 Å². The number of sulfone groups is 1. The van der Waals surface area contributed by atoms with Crippen LogP contribution in [0.1, 0.15) is 18.9 Å². The summed E-state index contributed by atoms with van der Waals surface area (Å²) in [5, 5.41) is 9.94. The molecule has 1 saturated heterocycles. The molecule has 114 valence electrons. The van der Waals surface area contributed by atoms with Crippen LogP contribution in [0.3, 0.4) is 0 Å². The van der Waals surface area contributed by atoms with Crippen LogP contribution in [0.4, 0.5) is 5.69 Å². The molecule has 0 bridgehead atoms. The van der Waals surface area contributed by atoms with E-state index in [1.807, 2.05) is 0 Å². The molecule has 1 atom stereocenters. The summed E-state index contributed by atoms with van der Waals surface area (Å²) >= 11 is 0. The van der Waals surface area contributed by atoms with Crippen molar-refractivity contribution in [2.75, 3.05) is 12.3 Å². The Bertz CT molecular complexity index is 671. The smallest absolute Gasteiger partial charge is 0.274 e. The molecule has 1 amide bonds. The third-order valence-electron chi connectivity index (χ3n) is 3.63. The van der Waals surface area contributed by atoms with Gasteiger partial charge in [-0.1, -0.05) is 25.1 Å². The summed E-state index contributed by atoms with van der Waals surface area (Å²) in [6.07, 6.45) is 0.246. The highest BCUT2D eigenvalue weighted by Gasteiger charge is 2.40. The van der Waals surface area contributed by atoms with Gasteiger partial charge in [0.05, 0.1) is 11.5 Å². The first-order valence-electron chi connectivity index (χ1n) is 6.59. The van der Waals surface area contributed by atoms with Crippen LogP contribution in [-0.4, -0.2) is 41.7 Å². The normalized spacial score (nSPS) is 19.0. The minimum absolute atomic E-state index is 0.0612. The zero-order chi connectivity index (χ0) is 15.6. The largest absolute Gasteiger partial charge is 0.337 e. The average molecular weight is 312 g/mol. The van der Waals surface area contributed by atoms with Gasteiger partial charge in [0.1, 0.15) is 5.25 Å². The highest BCUT2D eigenvalue weighted by Crippen LogP contribution is 2.25. The minimum atomic E-state index is -3.42. The van der Waals surface area contributed by atoms with Crippen LogP contribution in [0.5, 0.6) is 0 Å². The molecule has 0 spiro atoms. The van der Waals surface area contributed by atoms with E-state index >= 15 is 0 Å². The molecule has 1 aliphatic heterocycles. The van der Waals surface area contributed by atoms with E-state index in [0.29, 0.717) is 12.1 Å². The summed E-state index contributed by atoms with van der Waals surface area (Å²) in [7, 11) is -3.42. The van der Waals surface area contributed by atoms with E-state index < -0.39 is 25.9 Å². The van der Waals surface area contributed by atoms with Crippen LogP contribution in [0.25, 0.3) is 0 Å². The molecule has 0 radical (unpaired) electrons. The number of nitro benzene ring substituents is 1. The molecule has 1 fully saturated rings. The number of benzene rings is 1. The average Bonchev–Trinajstić information content (AvgIpc) is 2.81. The molecule has 8 heteroatoms. The van der Waals surface area contributed by atoms with Crippen molar-refractivity contribution in [3.05, 3.63) is 39.9 Å². The molecule has 0 N–H and O–H groups in total. The Hall–Kier alpha value is -1.96. The number of hydrogen-bond donors (Lipinski definition) is 0. The lowest BCUT2D eigenvalue weighted by molar-refractivity contribution is -0.385. The molecule has 2 rings (SSSR count). The van der Waals surface area contributed by atoms with Crippen molar-refractivity contribution in [1.82, 2.24) is 4.90 Å². The van der Waals surface area contributed by atoms with E-state index in [0.717, 1.165) is 0 Å². The number of amides is 1. The molecule has 1 unspecified atom stereocenters. The van der Waals surface area contributed by atoms with E-state index in [-0.39, 0.29) is 24.4 Å². The van der Waals surface area contributed by atoms with Crippen molar-refractivity contribution in [2.24, 2.45) is 0 Å². The molecule has 1 aromatic rings. The summed E-state index contributed by atoms with van der Waals surface area (Å²) in [6.45, 7) is 1.87. The van der Waals surface area contributed by atoms with Gasteiger partial charge in [-0.05, 0) is 6.42 Å². The molecule has 0 aliphatic carbocycles. The van der Waals surface area contributed by atoms with Gasteiger partial charge in [0, 0.05) is 23.9 Å². The van der Waals surface area contributed by atoms with Crippen molar-refractivity contribution >= 4 is 21.4 Å². The molecule has 21 heavy (non-hydrogen) atoms. The molecule has 1 aromatic carbocycles. The second kappa shape index (κ2) is 5.80. The van der Waals surface area contributed by atoms with Crippen molar-refractivity contribution in [2.45, 2.75) is 25.1 Å². The molecule has 0 saturated carbocycles. The fourth-order valence-corrected chi connectivity index (χ4v) is 3.75. The van der Waals surface area contributed by atoms with Crippen LogP contribution < -0.4 is 0 Å². The SMILES string of the molecule is CCS(=O)(=O)C1CCN(Cc2ccccc2[N+](=O)[O-])C1=O. The maximum absolute atomic E-state index is 12.2. The van der Waals surface area contributed by atoms with E-state index in [2.05, 4.69) is 0 Å². The van der Waals surface area contributed by atoms with E-state index in [1.165, 1.54) is 17.9 Å². The van der Waals surface area contributed by atoms with Gasteiger partial charge in [-0.2, -0.15) is 0 Å². The van der Waals surface area contributed by atoms with Gasteiger partial charge in [-0.15, -0.1) is 0 Å². The third kappa shape index (κ3) is 3.05. The number of nitro groups is 1. The maximum atomic E-state index is 12.2. The predicted octanol–water partition coefficient (Wildman–Crippen LogP) is 1.13. The lowest BCUT2D eigenvalue weighted by atomic mass is 10.1. The lowest BCUT2D eigenvalue weighted by Gasteiger charge is -2.16. The maximum Gasteiger partial charge on any atom is 0.274 e. The first kappa shape index (κ1) is 15.4. The van der Waals surface area contributed by atoms with Gasteiger partial charge < -0.3 is 4.90 Å². The number of para-hydroxylation sites is 1. The third-order valence-corrected chi connectivity index (χ3v) is 5.74. The molecular weight excluding hydrogens is 296 g/mol. The van der Waals surface area contributed by atoms with Gasteiger partial charge in [0.15, 0.2) is 9.84 Å². The fraction of sp³-hybridized carbons (Fsp3) is 0.462. The Labute approximate surface area is 122 Å². The topological polar surface area (TPSA) is 97.6 Å². The Balaban J connectivity index is 2.20. The molecule has 1 heterocycles. The van der Waals surface area contributed by atoms with Crippen LogP contribution in [0, 0.1) is 10.1 Å². The summed E-state index contributed by atoms with van der Waals surface area (Å²) in [6, 6.07) is 6.16. The first-order chi connectivity index (χ1) is 9.86. The Morgan fingerprint density at radius 2 is 2.05 bits per heavy atom. The van der Waals surface area contributed by atoms with Gasteiger partial charge in [-0.3, -0.25) is 14.9 Å². The standard InChI is InChI=1S/C13H16N2O5S/c1-2-21(19,20)12-7-8-14(13(12)16)9-10-5-3-4-6-11(10)15(17)18/h3-6,12H,2,7-9H2,1H3. The number of carbonyl (C=O) groups excluding carboxylic acids is 1. The van der Waals surface area contributed by atoms with Crippen LogP contribution in [-0.2, 0) is 21.2 Å². The van der Waals surface area contributed by atoms with E-state index in [1.54, 1.807) is 18.2 Å². The number of hydrogen-bond acceptors (Lipinski definition) is 5.